The number of rotatable bonds is 9. The molecule has 0 radical (unpaired) electrons. The lowest BCUT2D eigenvalue weighted by molar-refractivity contribution is 0.0331. The first-order chi connectivity index (χ1) is 7.56. The molecule has 0 aromatic heterocycles. The van der Waals surface area contributed by atoms with Gasteiger partial charge in [0.15, 0.2) is 0 Å². The minimum atomic E-state index is 0.273. The Morgan fingerprint density at radius 3 is 2.31 bits per heavy atom. The van der Waals surface area contributed by atoms with Crippen molar-refractivity contribution in [2.75, 3.05) is 13.7 Å². The van der Waals surface area contributed by atoms with Crippen LogP contribution in [0.5, 0.6) is 0 Å². The Balaban J connectivity index is 4.42. The van der Waals surface area contributed by atoms with Gasteiger partial charge in [0.2, 0.25) is 0 Å². The molecule has 0 amide bonds. The molecule has 0 bridgehead atoms. The molecular formula is C14H29NO. The van der Waals surface area contributed by atoms with Gasteiger partial charge in [0.25, 0.3) is 0 Å². The molecule has 0 saturated carbocycles. The highest BCUT2D eigenvalue weighted by atomic mass is 16.5. The summed E-state index contributed by atoms with van der Waals surface area (Å²) in [5, 5.41) is 3.58. The largest absolute Gasteiger partial charge is 0.380 e. The molecule has 0 fully saturated rings. The van der Waals surface area contributed by atoms with E-state index in [1.807, 2.05) is 0 Å². The van der Waals surface area contributed by atoms with Crippen molar-refractivity contribution in [1.29, 1.82) is 0 Å². The molecule has 2 unspecified atom stereocenters. The van der Waals surface area contributed by atoms with Gasteiger partial charge >= 0.3 is 0 Å². The lowest BCUT2D eigenvalue weighted by Gasteiger charge is -2.30. The minimum absolute atomic E-state index is 0.273. The molecule has 96 valence electrons. The van der Waals surface area contributed by atoms with E-state index >= 15 is 0 Å². The predicted molar refractivity (Wildman–Crippen MR) is 71.8 cm³/mol. The van der Waals surface area contributed by atoms with Crippen LogP contribution in [0.25, 0.3) is 0 Å². The second-order valence-electron chi connectivity index (χ2n) is 4.81. The Kier molecular flexibility index (Phi) is 8.58. The lowest BCUT2D eigenvalue weighted by Crippen LogP contribution is -2.44. The standard InChI is InChI=1S/C14H29NO/c1-7-9-15-13(10-12(5)8-2)14(16-6)11(3)4/h11,13-15H,5,7-10H2,1-4,6H3. The monoisotopic (exact) mass is 227 g/mol. The van der Waals surface area contributed by atoms with Crippen LogP contribution in [0, 0.1) is 5.92 Å². The average Bonchev–Trinajstić information content (AvgIpc) is 2.25. The molecule has 16 heavy (non-hydrogen) atoms. The molecule has 0 aromatic carbocycles. The summed E-state index contributed by atoms with van der Waals surface area (Å²) in [7, 11) is 1.81. The second-order valence-corrected chi connectivity index (χ2v) is 4.81. The summed E-state index contributed by atoms with van der Waals surface area (Å²) >= 11 is 0. The maximum atomic E-state index is 5.61. The van der Waals surface area contributed by atoms with Gasteiger partial charge in [-0.05, 0) is 31.7 Å². The maximum Gasteiger partial charge on any atom is 0.0750 e. The maximum absolute atomic E-state index is 5.61. The molecule has 2 heteroatoms. The first kappa shape index (κ1) is 15.7. The van der Waals surface area contributed by atoms with Gasteiger partial charge in [-0.2, -0.15) is 0 Å². The van der Waals surface area contributed by atoms with E-state index in [0.29, 0.717) is 12.0 Å². The predicted octanol–water partition coefficient (Wildman–Crippen LogP) is 3.38. The van der Waals surface area contributed by atoms with Gasteiger partial charge in [0.1, 0.15) is 0 Å². The van der Waals surface area contributed by atoms with E-state index in [1.54, 1.807) is 7.11 Å². The fourth-order valence-corrected chi connectivity index (χ4v) is 1.99. The van der Waals surface area contributed by atoms with E-state index in [2.05, 4.69) is 39.6 Å². The second kappa shape index (κ2) is 8.77. The molecular weight excluding hydrogens is 198 g/mol. The van der Waals surface area contributed by atoms with Gasteiger partial charge in [-0.3, -0.25) is 0 Å². The van der Waals surface area contributed by atoms with Gasteiger partial charge in [-0.1, -0.05) is 39.8 Å². The van der Waals surface area contributed by atoms with Crippen molar-refractivity contribution in [3.8, 4) is 0 Å². The van der Waals surface area contributed by atoms with Crippen molar-refractivity contribution < 1.29 is 4.74 Å². The molecule has 2 nitrogen and oxygen atoms in total. The van der Waals surface area contributed by atoms with Crippen molar-refractivity contribution in [2.45, 2.75) is 59.1 Å². The molecule has 0 aliphatic rings. The Hall–Kier alpha value is -0.340. The van der Waals surface area contributed by atoms with Crippen LogP contribution in [0.3, 0.4) is 0 Å². The minimum Gasteiger partial charge on any atom is -0.380 e. The van der Waals surface area contributed by atoms with Crippen molar-refractivity contribution in [2.24, 2.45) is 5.92 Å². The summed E-state index contributed by atoms with van der Waals surface area (Å²) in [5.74, 6) is 0.531. The summed E-state index contributed by atoms with van der Waals surface area (Å²) in [6, 6.07) is 0.400. The third-order valence-electron chi connectivity index (χ3n) is 2.99. The zero-order valence-corrected chi connectivity index (χ0v) is 11.7. The Labute approximate surface area is 101 Å². The number of nitrogens with one attached hydrogen (secondary N) is 1. The molecule has 0 aliphatic heterocycles. The van der Waals surface area contributed by atoms with Crippen LogP contribution in [-0.2, 0) is 4.74 Å². The van der Waals surface area contributed by atoms with E-state index in [1.165, 1.54) is 5.57 Å². The molecule has 0 aromatic rings. The molecule has 0 rings (SSSR count). The van der Waals surface area contributed by atoms with Crippen LogP contribution in [0.4, 0.5) is 0 Å². The summed E-state index contributed by atoms with van der Waals surface area (Å²) in [5.41, 5.74) is 1.30. The smallest absolute Gasteiger partial charge is 0.0750 e. The number of methoxy groups -OCH3 is 1. The number of hydrogen-bond donors (Lipinski definition) is 1. The van der Waals surface area contributed by atoms with E-state index in [0.717, 1.165) is 25.8 Å². The van der Waals surface area contributed by atoms with E-state index in [4.69, 9.17) is 4.74 Å². The number of ether oxygens (including phenoxy) is 1. The first-order valence-corrected chi connectivity index (χ1v) is 6.49. The quantitative estimate of drug-likeness (QED) is 0.610. The van der Waals surface area contributed by atoms with Crippen molar-refractivity contribution >= 4 is 0 Å². The van der Waals surface area contributed by atoms with E-state index in [9.17, 15) is 0 Å². The molecule has 0 aliphatic carbocycles. The zero-order valence-electron chi connectivity index (χ0n) is 11.7. The Bertz CT molecular complexity index is 189. The third kappa shape index (κ3) is 5.66. The lowest BCUT2D eigenvalue weighted by atomic mass is 9.93. The molecule has 0 spiro atoms. The topological polar surface area (TPSA) is 21.3 Å². The molecule has 0 saturated heterocycles. The summed E-state index contributed by atoms with van der Waals surface area (Å²) in [4.78, 5) is 0. The third-order valence-corrected chi connectivity index (χ3v) is 2.99. The molecule has 1 N–H and O–H groups in total. The van der Waals surface area contributed by atoms with Crippen LogP contribution in [0.15, 0.2) is 12.2 Å². The summed E-state index contributed by atoms with van der Waals surface area (Å²) in [6.45, 7) is 13.9. The van der Waals surface area contributed by atoms with Gasteiger partial charge in [0, 0.05) is 13.2 Å². The van der Waals surface area contributed by atoms with E-state index < -0.39 is 0 Å². The van der Waals surface area contributed by atoms with Gasteiger partial charge in [0.05, 0.1) is 6.10 Å². The Morgan fingerprint density at radius 1 is 1.31 bits per heavy atom. The fraction of sp³-hybridized carbons (Fsp3) is 0.857. The number of hydrogen-bond acceptors (Lipinski definition) is 2. The van der Waals surface area contributed by atoms with Crippen molar-refractivity contribution in [3.05, 3.63) is 12.2 Å². The Morgan fingerprint density at radius 2 is 1.94 bits per heavy atom. The van der Waals surface area contributed by atoms with Crippen molar-refractivity contribution in [3.63, 3.8) is 0 Å². The zero-order chi connectivity index (χ0) is 12.6. The highest BCUT2D eigenvalue weighted by molar-refractivity contribution is 4.99. The average molecular weight is 227 g/mol. The van der Waals surface area contributed by atoms with Crippen molar-refractivity contribution in [1.82, 2.24) is 5.32 Å². The van der Waals surface area contributed by atoms with Crippen LogP contribution in [0.1, 0.15) is 47.0 Å². The van der Waals surface area contributed by atoms with Gasteiger partial charge < -0.3 is 10.1 Å². The summed E-state index contributed by atoms with van der Waals surface area (Å²) in [6.07, 6.45) is 3.50. The van der Waals surface area contributed by atoms with Crippen LogP contribution >= 0.6 is 0 Å². The highest BCUT2D eigenvalue weighted by Crippen LogP contribution is 2.17. The first-order valence-electron chi connectivity index (χ1n) is 6.49. The van der Waals surface area contributed by atoms with Gasteiger partial charge in [-0.25, -0.2) is 0 Å². The van der Waals surface area contributed by atoms with Gasteiger partial charge in [-0.15, -0.1) is 0 Å². The normalized spacial score (nSPS) is 15.1. The van der Waals surface area contributed by atoms with E-state index in [-0.39, 0.29) is 6.10 Å². The fourth-order valence-electron chi connectivity index (χ4n) is 1.99. The van der Waals surface area contributed by atoms with Crippen LogP contribution < -0.4 is 5.32 Å². The van der Waals surface area contributed by atoms with Crippen LogP contribution in [-0.4, -0.2) is 25.8 Å². The SMILES string of the molecule is C=C(CC)CC(NCCC)C(OC)C(C)C. The summed E-state index contributed by atoms with van der Waals surface area (Å²) < 4.78 is 5.61. The highest BCUT2D eigenvalue weighted by Gasteiger charge is 2.23. The molecule has 0 heterocycles. The van der Waals surface area contributed by atoms with Crippen LogP contribution in [0.2, 0.25) is 0 Å². The molecule has 2 atom stereocenters.